The van der Waals surface area contributed by atoms with Crippen molar-refractivity contribution in [1.29, 1.82) is 0 Å². The number of rotatable bonds is 3. The monoisotopic (exact) mass is 219 g/mol. The summed E-state index contributed by atoms with van der Waals surface area (Å²) in [6, 6.07) is 5.72. The highest BCUT2D eigenvalue weighted by molar-refractivity contribution is 5.76. The molecule has 2 rings (SSSR count). The maximum absolute atomic E-state index is 11.0. The number of oxazole rings is 1. The molecule has 5 heteroatoms. The molecule has 0 unspecified atom stereocenters. The van der Waals surface area contributed by atoms with Gasteiger partial charge in [-0.05, 0) is 24.1 Å². The predicted octanol–water partition coefficient (Wildman–Crippen LogP) is 1.06. The highest BCUT2D eigenvalue weighted by Gasteiger charge is 2.04. The fourth-order valence-electron chi connectivity index (χ4n) is 1.57. The maximum Gasteiger partial charge on any atom is 0.234 e. The number of hydrogen-bond acceptors (Lipinski definition) is 4. The van der Waals surface area contributed by atoms with Crippen LogP contribution in [0.2, 0.25) is 0 Å². The van der Waals surface area contributed by atoms with Gasteiger partial charge in [0.15, 0.2) is 11.5 Å². The molecule has 5 nitrogen and oxygen atoms in total. The molecule has 16 heavy (non-hydrogen) atoms. The van der Waals surface area contributed by atoms with E-state index in [2.05, 4.69) is 10.4 Å². The Kier molecular flexibility index (Phi) is 2.87. The number of carbonyl (C=O) groups is 1. The molecular weight excluding hydrogens is 206 g/mol. The maximum atomic E-state index is 11.0. The quantitative estimate of drug-likeness (QED) is 0.459. The van der Waals surface area contributed by atoms with Gasteiger partial charge in [-0.2, -0.15) is 0 Å². The molecule has 1 amide bonds. The molecular formula is C11H13N3O2. The second kappa shape index (κ2) is 4.32. The van der Waals surface area contributed by atoms with Crippen LogP contribution in [0.4, 0.5) is 0 Å². The first-order chi connectivity index (χ1) is 7.69. The highest BCUT2D eigenvalue weighted by atomic mass is 16.3. The first kappa shape index (κ1) is 10.6. The van der Waals surface area contributed by atoms with Gasteiger partial charge >= 0.3 is 0 Å². The Bertz CT molecular complexity index is 519. The number of benzene rings is 1. The lowest BCUT2D eigenvalue weighted by Crippen LogP contribution is -2.30. The van der Waals surface area contributed by atoms with E-state index in [1.165, 1.54) is 0 Å². The Balaban J connectivity index is 2.16. The molecule has 84 valence electrons. The zero-order chi connectivity index (χ0) is 11.5. The van der Waals surface area contributed by atoms with Crippen LogP contribution in [0.15, 0.2) is 22.6 Å². The molecule has 2 aromatic rings. The van der Waals surface area contributed by atoms with Crippen molar-refractivity contribution in [2.24, 2.45) is 5.84 Å². The molecule has 0 saturated heterocycles. The van der Waals surface area contributed by atoms with Gasteiger partial charge in [-0.15, -0.1) is 0 Å². The molecule has 0 bridgehead atoms. The van der Waals surface area contributed by atoms with E-state index in [-0.39, 0.29) is 5.91 Å². The molecule has 0 spiro atoms. The summed E-state index contributed by atoms with van der Waals surface area (Å²) in [4.78, 5) is 15.2. The smallest absolute Gasteiger partial charge is 0.234 e. The van der Waals surface area contributed by atoms with Crippen molar-refractivity contribution >= 4 is 17.0 Å². The average molecular weight is 219 g/mol. The van der Waals surface area contributed by atoms with Crippen molar-refractivity contribution in [3.05, 3.63) is 29.7 Å². The number of aromatic nitrogens is 1. The van der Waals surface area contributed by atoms with E-state index in [4.69, 9.17) is 10.3 Å². The van der Waals surface area contributed by atoms with Crippen LogP contribution < -0.4 is 11.3 Å². The van der Waals surface area contributed by atoms with Crippen molar-refractivity contribution in [3.63, 3.8) is 0 Å². The molecule has 1 aromatic heterocycles. The van der Waals surface area contributed by atoms with Gasteiger partial charge in [0.2, 0.25) is 5.91 Å². The van der Waals surface area contributed by atoms with Gasteiger partial charge in [-0.3, -0.25) is 10.2 Å². The number of hydrazine groups is 1. The van der Waals surface area contributed by atoms with E-state index in [1.807, 2.05) is 25.1 Å². The van der Waals surface area contributed by atoms with E-state index in [0.717, 1.165) is 16.7 Å². The van der Waals surface area contributed by atoms with Crippen LogP contribution in [-0.2, 0) is 11.2 Å². The number of nitrogens with two attached hydrogens (primary N) is 1. The number of aryl methyl sites for hydroxylation is 2. The third kappa shape index (κ3) is 2.20. The van der Waals surface area contributed by atoms with Crippen LogP contribution in [0.1, 0.15) is 17.9 Å². The van der Waals surface area contributed by atoms with Gasteiger partial charge in [0.25, 0.3) is 0 Å². The largest absolute Gasteiger partial charge is 0.441 e. The topological polar surface area (TPSA) is 81.2 Å². The minimum Gasteiger partial charge on any atom is -0.441 e. The van der Waals surface area contributed by atoms with Crippen LogP contribution in [0.3, 0.4) is 0 Å². The van der Waals surface area contributed by atoms with E-state index < -0.39 is 0 Å². The average Bonchev–Trinajstić information content (AvgIpc) is 2.65. The third-order valence-corrected chi connectivity index (χ3v) is 2.36. The van der Waals surface area contributed by atoms with Crippen molar-refractivity contribution in [1.82, 2.24) is 10.4 Å². The summed E-state index contributed by atoms with van der Waals surface area (Å²) < 4.78 is 5.36. The first-order valence-electron chi connectivity index (χ1n) is 5.04. The Morgan fingerprint density at radius 1 is 1.56 bits per heavy atom. The Morgan fingerprint density at radius 2 is 2.38 bits per heavy atom. The van der Waals surface area contributed by atoms with Crippen LogP contribution in [0.5, 0.6) is 0 Å². The summed E-state index contributed by atoms with van der Waals surface area (Å²) in [5.41, 5.74) is 4.74. The lowest BCUT2D eigenvalue weighted by Gasteiger charge is -2.00. The summed E-state index contributed by atoms with van der Waals surface area (Å²) in [5.74, 6) is 5.48. The normalized spacial score (nSPS) is 10.6. The minimum absolute atomic E-state index is 0.170. The zero-order valence-electron chi connectivity index (χ0n) is 8.99. The first-order valence-corrected chi connectivity index (χ1v) is 5.04. The molecule has 3 N–H and O–H groups in total. The molecule has 1 aromatic carbocycles. The standard InChI is InChI=1S/C11H13N3O2/c1-7-13-9-6-8(2-4-10(9)16-7)3-5-11(15)14-12/h2,4,6H,3,5,12H2,1H3,(H,14,15). The van der Waals surface area contributed by atoms with Crippen molar-refractivity contribution in [2.45, 2.75) is 19.8 Å². The fourth-order valence-corrected chi connectivity index (χ4v) is 1.57. The van der Waals surface area contributed by atoms with E-state index >= 15 is 0 Å². The molecule has 0 aliphatic rings. The molecule has 0 saturated carbocycles. The third-order valence-electron chi connectivity index (χ3n) is 2.36. The van der Waals surface area contributed by atoms with Crippen molar-refractivity contribution in [3.8, 4) is 0 Å². The van der Waals surface area contributed by atoms with Crippen LogP contribution >= 0.6 is 0 Å². The Hall–Kier alpha value is -1.88. The lowest BCUT2D eigenvalue weighted by atomic mass is 10.1. The predicted molar refractivity (Wildman–Crippen MR) is 59.4 cm³/mol. The SMILES string of the molecule is Cc1nc2cc(CCC(=O)NN)ccc2o1. The van der Waals surface area contributed by atoms with E-state index in [1.54, 1.807) is 0 Å². The van der Waals surface area contributed by atoms with Gasteiger partial charge in [0.05, 0.1) is 0 Å². The van der Waals surface area contributed by atoms with Crippen molar-refractivity contribution < 1.29 is 9.21 Å². The number of carbonyl (C=O) groups excluding carboxylic acids is 1. The van der Waals surface area contributed by atoms with Crippen LogP contribution in [-0.4, -0.2) is 10.9 Å². The minimum atomic E-state index is -0.170. The number of hydrogen-bond donors (Lipinski definition) is 2. The molecule has 1 heterocycles. The number of nitrogens with one attached hydrogen (secondary N) is 1. The highest BCUT2D eigenvalue weighted by Crippen LogP contribution is 2.17. The molecule has 0 atom stereocenters. The van der Waals surface area contributed by atoms with Crippen molar-refractivity contribution in [2.75, 3.05) is 0 Å². The van der Waals surface area contributed by atoms with Gasteiger partial charge in [-0.25, -0.2) is 10.8 Å². The fraction of sp³-hybridized carbons (Fsp3) is 0.273. The number of nitrogens with zero attached hydrogens (tertiary/aromatic N) is 1. The van der Waals surface area contributed by atoms with Gasteiger partial charge < -0.3 is 4.42 Å². The van der Waals surface area contributed by atoms with Gasteiger partial charge in [-0.1, -0.05) is 6.07 Å². The number of amides is 1. The second-order valence-electron chi connectivity index (χ2n) is 3.60. The molecule has 0 aliphatic carbocycles. The summed E-state index contributed by atoms with van der Waals surface area (Å²) in [7, 11) is 0. The van der Waals surface area contributed by atoms with E-state index in [9.17, 15) is 4.79 Å². The summed E-state index contributed by atoms with van der Waals surface area (Å²) >= 11 is 0. The van der Waals surface area contributed by atoms with Gasteiger partial charge in [0, 0.05) is 13.3 Å². The lowest BCUT2D eigenvalue weighted by molar-refractivity contribution is -0.121. The van der Waals surface area contributed by atoms with Crippen LogP contribution in [0, 0.1) is 6.92 Å². The molecule has 0 fully saturated rings. The Labute approximate surface area is 92.6 Å². The van der Waals surface area contributed by atoms with Gasteiger partial charge in [0.1, 0.15) is 5.52 Å². The second-order valence-corrected chi connectivity index (χ2v) is 3.60. The summed E-state index contributed by atoms with van der Waals surface area (Å²) in [5, 5.41) is 0. The number of fused-ring (bicyclic) bond motifs is 1. The summed E-state index contributed by atoms with van der Waals surface area (Å²) in [6.45, 7) is 1.81. The molecule has 0 radical (unpaired) electrons. The van der Waals surface area contributed by atoms with E-state index in [0.29, 0.717) is 18.7 Å². The Morgan fingerprint density at radius 3 is 3.12 bits per heavy atom. The molecule has 0 aliphatic heterocycles. The zero-order valence-corrected chi connectivity index (χ0v) is 8.99. The van der Waals surface area contributed by atoms with Crippen LogP contribution in [0.25, 0.3) is 11.1 Å². The summed E-state index contributed by atoms with van der Waals surface area (Å²) in [6.07, 6.45) is 1.02.